The average molecular weight is 305 g/mol. The van der Waals surface area contributed by atoms with Crippen molar-refractivity contribution in [1.82, 2.24) is 0 Å². The Morgan fingerprint density at radius 2 is 1.90 bits per heavy atom. The molecule has 20 heavy (non-hydrogen) atoms. The molecule has 0 aromatic heterocycles. The van der Waals surface area contributed by atoms with E-state index in [1.807, 2.05) is 31.2 Å². The normalized spacial score (nSPS) is 14.2. The highest BCUT2D eigenvalue weighted by molar-refractivity contribution is 6.37. The highest BCUT2D eigenvalue weighted by atomic mass is 35.5. The molecule has 0 spiro atoms. The molecule has 1 aliphatic rings. The number of aliphatic carboxylic acids is 1. The van der Waals surface area contributed by atoms with Gasteiger partial charge in [-0.05, 0) is 46.9 Å². The number of benzene rings is 2. The first-order chi connectivity index (χ1) is 9.49. The van der Waals surface area contributed by atoms with Crippen molar-refractivity contribution in [3.8, 4) is 11.1 Å². The number of halogens is 2. The van der Waals surface area contributed by atoms with E-state index in [1.54, 1.807) is 6.07 Å². The Balaban J connectivity index is 2.45. The lowest BCUT2D eigenvalue weighted by atomic mass is 10.0. The van der Waals surface area contributed by atoms with Gasteiger partial charge in [0.05, 0.1) is 5.02 Å². The Bertz CT molecular complexity index is 776. The van der Waals surface area contributed by atoms with E-state index in [-0.39, 0.29) is 0 Å². The highest BCUT2D eigenvalue weighted by Gasteiger charge is 2.28. The lowest BCUT2D eigenvalue weighted by molar-refractivity contribution is -0.131. The van der Waals surface area contributed by atoms with Crippen molar-refractivity contribution < 1.29 is 9.90 Å². The van der Waals surface area contributed by atoms with Gasteiger partial charge in [-0.25, -0.2) is 4.79 Å². The van der Waals surface area contributed by atoms with E-state index in [2.05, 4.69) is 0 Å². The van der Waals surface area contributed by atoms with Crippen molar-refractivity contribution in [2.45, 2.75) is 6.92 Å². The van der Waals surface area contributed by atoms with E-state index < -0.39 is 5.97 Å². The molecule has 0 atom stereocenters. The molecule has 0 unspecified atom stereocenters. The molecule has 2 nitrogen and oxygen atoms in total. The number of carboxylic acids is 1. The minimum atomic E-state index is -0.994. The van der Waals surface area contributed by atoms with Crippen molar-refractivity contribution in [2.24, 2.45) is 0 Å². The van der Waals surface area contributed by atoms with Gasteiger partial charge in [-0.15, -0.1) is 0 Å². The van der Waals surface area contributed by atoms with Crippen LogP contribution >= 0.6 is 23.2 Å². The zero-order chi connectivity index (χ0) is 14.4. The number of aryl methyl sites for hydroxylation is 1. The standard InChI is InChI=1S/C16H10Cl2O2/c1-8-3-2-4-10-11(7-14(19)20)16-12(15(8)10)5-9(17)6-13(16)18/h2-7H,1H3,(H,19,20)/b11-7+. The van der Waals surface area contributed by atoms with Crippen LogP contribution in [-0.2, 0) is 4.79 Å². The fraction of sp³-hybridized carbons (Fsp3) is 0.0625. The van der Waals surface area contributed by atoms with Crippen LogP contribution in [0.4, 0.5) is 0 Å². The molecule has 1 N–H and O–H groups in total. The molecule has 0 fully saturated rings. The third kappa shape index (κ3) is 1.92. The molecule has 0 saturated heterocycles. The molecule has 0 bridgehead atoms. The number of rotatable bonds is 1. The van der Waals surface area contributed by atoms with E-state index in [0.29, 0.717) is 15.6 Å². The molecule has 0 saturated carbocycles. The summed E-state index contributed by atoms with van der Waals surface area (Å²) in [6.45, 7) is 1.99. The first kappa shape index (κ1) is 13.2. The highest BCUT2D eigenvalue weighted by Crippen LogP contribution is 2.49. The lowest BCUT2D eigenvalue weighted by Crippen LogP contribution is -1.92. The molecule has 100 valence electrons. The lowest BCUT2D eigenvalue weighted by Gasteiger charge is -2.05. The van der Waals surface area contributed by atoms with Crippen LogP contribution < -0.4 is 0 Å². The minimum Gasteiger partial charge on any atom is -0.478 e. The molecule has 3 rings (SSSR count). The topological polar surface area (TPSA) is 37.3 Å². The monoisotopic (exact) mass is 304 g/mol. The van der Waals surface area contributed by atoms with E-state index in [4.69, 9.17) is 28.3 Å². The average Bonchev–Trinajstić information content (AvgIpc) is 2.64. The molecule has 0 aliphatic heterocycles. The second kappa shape index (κ2) is 4.65. The molecule has 2 aromatic carbocycles. The van der Waals surface area contributed by atoms with E-state index in [1.165, 1.54) is 6.08 Å². The number of carbonyl (C=O) groups is 1. The third-order valence-electron chi connectivity index (χ3n) is 3.42. The summed E-state index contributed by atoms with van der Waals surface area (Å²) >= 11 is 12.4. The summed E-state index contributed by atoms with van der Waals surface area (Å²) in [6.07, 6.45) is 1.20. The Labute approximate surface area is 126 Å². The van der Waals surface area contributed by atoms with Crippen LogP contribution in [0, 0.1) is 6.92 Å². The molecular weight excluding hydrogens is 295 g/mol. The van der Waals surface area contributed by atoms with Crippen LogP contribution in [-0.4, -0.2) is 11.1 Å². The van der Waals surface area contributed by atoms with Crippen LogP contribution in [0.15, 0.2) is 36.4 Å². The minimum absolute atomic E-state index is 0.468. The van der Waals surface area contributed by atoms with Gasteiger partial charge in [-0.1, -0.05) is 41.4 Å². The fourth-order valence-electron chi connectivity index (χ4n) is 2.70. The number of carboxylic acid groups (broad SMARTS) is 1. The van der Waals surface area contributed by atoms with Crippen LogP contribution in [0.3, 0.4) is 0 Å². The van der Waals surface area contributed by atoms with Crippen LogP contribution in [0.2, 0.25) is 10.0 Å². The van der Waals surface area contributed by atoms with Crippen molar-refractivity contribution in [3.63, 3.8) is 0 Å². The predicted molar refractivity (Wildman–Crippen MR) is 81.3 cm³/mol. The molecule has 4 heteroatoms. The molecule has 0 amide bonds. The fourth-order valence-corrected chi connectivity index (χ4v) is 3.30. The molecule has 1 aliphatic carbocycles. The van der Waals surface area contributed by atoms with Gasteiger partial charge < -0.3 is 5.11 Å². The van der Waals surface area contributed by atoms with Gasteiger partial charge >= 0.3 is 5.97 Å². The van der Waals surface area contributed by atoms with Gasteiger partial charge in [0.1, 0.15) is 0 Å². The van der Waals surface area contributed by atoms with E-state index in [0.717, 1.165) is 27.8 Å². The molecule has 0 heterocycles. The Morgan fingerprint density at radius 1 is 1.15 bits per heavy atom. The summed E-state index contributed by atoms with van der Waals surface area (Å²) in [5, 5.41) is 10.1. The maximum Gasteiger partial charge on any atom is 0.328 e. The molecule has 2 aromatic rings. The molecular formula is C16H10Cl2O2. The third-order valence-corrected chi connectivity index (χ3v) is 3.94. The second-order valence-corrected chi connectivity index (χ2v) is 5.55. The summed E-state index contributed by atoms with van der Waals surface area (Å²) in [5.41, 5.74) is 5.21. The predicted octanol–water partition coefficient (Wildman–Crippen LogP) is 4.80. The summed E-state index contributed by atoms with van der Waals surface area (Å²) in [7, 11) is 0. The van der Waals surface area contributed by atoms with Gasteiger partial charge in [-0.2, -0.15) is 0 Å². The summed E-state index contributed by atoms with van der Waals surface area (Å²) in [5.74, 6) is -0.994. The zero-order valence-electron chi connectivity index (χ0n) is 10.6. The van der Waals surface area contributed by atoms with Gasteiger partial charge in [0.25, 0.3) is 0 Å². The van der Waals surface area contributed by atoms with Crippen LogP contribution in [0.25, 0.3) is 16.7 Å². The van der Waals surface area contributed by atoms with Gasteiger partial charge in [-0.3, -0.25) is 0 Å². The largest absolute Gasteiger partial charge is 0.478 e. The van der Waals surface area contributed by atoms with Gasteiger partial charge in [0.15, 0.2) is 0 Å². The Morgan fingerprint density at radius 3 is 2.60 bits per heavy atom. The first-order valence-electron chi connectivity index (χ1n) is 6.03. The summed E-state index contributed by atoms with van der Waals surface area (Å²) < 4.78 is 0. The SMILES string of the molecule is Cc1cccc2c1-c1cc(Cl)cc(Cl)c1/C2=C/C(=O)O. The summed E-state index contributed by atoms with van der Waals surface area (Å²) in [6, 6.07) is 9.27. The van der Waals surface area contributed by atoms with Crippen LogP contribution in [0.1, 0.15) is 16.7 Å². The van der Waals surface area contributed by atoms with Crippen molar-refractivity contribution >= 4 is 34.7 Å². The number of hydrogen-bond acceptors (Lipinski definition) is 1. The molecule has 0 radical (unpaired) electrons. The quantitative estimate of drug-likeness (QED) is 0.656. The maximum atomic E-state index is 11.1. The van der Waals surface area contributed by atoms with Gasteiger partial charge in [0, 0.05) is 16.7 Å². The maximum absolute atomic E-state index is 11.1. The van der Waals surface area contributed by atoms with E-state index >= 15 is 0 Å². The smallest absolute Gasteiger partial charge is 0.328 e. The van der Waals surface area contributed by atoms with Crippen molar-refractivity contribution in [1.29, 1.82) is 0 Å². The number of fused-ring (bicyclic) bond motifs is 3. The van der Waals surface area contributed by atoms with Crippen LogP contribution in [0.5, 0.6) is 0 Å². The zero-order valence-corrected chi connectivity index (χ0v) is 12.1. The van der Waals surface area contributed by atoms with Crippen molar-refractivity contribution in [2.75, 3.05) is 0 Å². The van der Waals surface area contributed by atoms with Gasteiger partial charge in [0.2, 0.25) is 0 Å². The Hall–Kier alpha value is -1.77. The van der Waals surface area contributed by atoms with Crippen molar-refractivity contribution in [3.05, 3.63) is 63.1 Å². The number of hydrogen-bond donors (Lipinski definition) is 1. The van der Waals surface area contributed by atoms with E-state index in [9.17, 15) is 4.79 Å². The second-order valence-electron chi connectivity index (χ2n) is 4.70. The Kier molecular flexibility index (Phi) is 3.08. The summed E-state index contributed by atoms with van der Waals surface area (Å²) in [4.78, 5) is 11.1. The first-order valence-corrected chi connectivity index (χ1v) is 6.79.